The number of carbonyl (C=O) groups is 1. The molecular formula is C10H20N2O3. The fourth-order valence-corrected chi connectivity index (χ4v) is 1.52. The van der Waals surface area contributed by atoms with Crippen molar-refractivity contribution in [1.29, 1.82) is 0 Å². The highest BCUT2D eigenvalue weighted by atomic mass is 16.5. The number of nitrogens with zero attached hydrogens (tertiary/aromatic N) is 1. The molecule has 1 unspecified atom stereocenters. The lowest BCUT2D eigenvalue weighted by Gasteiger charge is -2.30. The maximum absolute atomic E-state index is 11.9. The van der Waals surface area contributed by atoms with Crippen molar-refractivity contribution < 1.29 is 14.3 Å². The Morgan fingerprint density at radius 1 is 1.73 bits per heavy atom. The number of hydrogen-bond acceptors (Lipinski definition) is 4. The van der Waals surface area contributed by atoms with E-state index >= 15 is 0 Å². The molecule has 0 bridgehead atoms. The summed E-state index contributed by atoms with van der Waals surface area (Å²) in [7, 11) is 3.41. The van der Waals surface area contributed by atoms with Crippen LogP contribution in [-0.2, 0) is 14.3 Å². The average Bonchev–Trinajstić information content (AvgIpc) is 2.28. The summed E-state index contributed by atoms with van der Waals surface area (Å²) in [4.78, 5) is 13.6. The third kappa shape index (κ3) is 3.44. The molecule has 5 nitrogen and oxygen atoms in total. The second-order valence-corrected chi connectivity index (χ2v) is 3.82. The Labute approximate surface area is 90.7 Å². The first kappa shape index (κ1) is 12.4. The molecule has 1 aliphatic rings. The van der Waals surface area contributed by atoms with Gasteiger partial charge in [-0.3, -0.25) is 4.79 Å². The number of amides is 1. The molecule has 1 N–H and O–H groups in total. The largest absolute Gasteiger partial charge is 0.383 e. The van der Waals surface area contributed by atoms with Gasteiger partial charge in [0, 0.05) is 27.2 Å². The topological polar surface area (TPSA) is 50.8 Å². The van der Waals surface area contributed by atoms with Crippen LogP contribution in [0, 0.1) is 0 Å². The van der Waals surface area contributed by atoms with Gasteiger partial charge in [-0.05, 0) is 6.92 Å². The van der Waals surface area contributed by atoms with Crippen molar-refractivity contribution >= 4 is 5.91 Å². The smallest absolute Gasteiger partial charge is 0.253 e. The van der Waals surface area contributed by atoms with E-state index in [1.54, 1.807) is 19.1 Å². The van der Waals surface area contributed by atoms with Crippen molar-refractivity contribution in [2.45, 2.75) is 19.1 Å². The van der Waals surface area contributed by atoms with Gasteiger partial charge >= 0.3 is 0 Å². The molecule has 2 atom stereocenters. The molecule has 0 spiro atoms. The number of nitrogens with one attached hydrogen (secondary N) is 1. The second-order valence-electron chi connectivity index (χ2n) is 3.82. The Bertz CT molecular complexity index is 205. The maximum Gasteiger partial charge on any atom is 0.253 e. The van der Waals surface area contributed by atoms with E-state index in [0.29, 0.717) is 19.8 Å². The minimum absolute atomic E-state index is 0.0201. The number of methoxy groups -OCH3 is 1. The minimum Gasteiger partial charge on any atom is -0.383 e. The van der Waals surface area contributed by atoms with Gasteiger partial charge in [-0.1, -0.05) is 0 Å². The van der Waals surface area contributed by atoms with Crippen molar-refractivity contribution in [3.8, 4) is 0 Å². The summed E-state index contributed by atoms with van der Waals surface area (Å²) in [6.07, 6.45) is -0.344. The Morgan fingerprint density at radius 3 is 3.00 bits per heavy atom. The number of carbonyl (C=O) groups excluding carboxylic acids is 1. The maximum atomic E-state index is 11.9. The summed E-state index contributed by atoms with van der Waals surface area (Å²) in [5.74, 6) is 0.0201. The zero-order valence-electron chi connectivity index (χ0n) is 9.66. The number of ether oxygens (including phenoxy) is 2. The Balaban J connectivity index is 2.43. The van der Waals surface area contributed by atoms with Crippen LogP contribution in [0.4, 0.5) is 0 Å². The van der Waals surface area contributed by atoms with Gasteiger partial charge < -0.3 is 19.7 Å². The molecule has 0 aromatic carbocycles. The van der Waals surface area contributed by atoms with Gasteiger partial charge in [0.05, 0.1) is 19.3 Å². The van der Waals surface area contributed by atoms with Gasteiger partial charge in [-0.2, -0.15) is 0 Å². The summed E-state index contributed by atoms with van der Waals surface area (Å²) < 4.78 is 10.4. The molecule has 5 heteroatoms. The van der Waals surface area contributed by atoms with Crippen LogP contribution in [0.25, 0.3) is 0 Å². The van der Waals surface area contributed by atoms with Gasteiger partial charge in [0.2, 0.25) is 0 Å². The molecular weight excluding hydrogens is 196 g/mol. The Hall–Kier alpha value is -0.650. The van der Waals surface area contributed by atoms with Gasteiger partial charge in [0.15, 0.2) is 0 Å². The first-order valence-corrected chi connectivity index (χ1v) is 5.24. The van der Waals surface area contributed by atoms with Crippen LogP contribution in [0.1, 0.15) is 6.92 Å². The van der Waals surface area contributed by atoms with Gasteiger partial charge in [0.1, 0.15) is 6.10 Å². The van der Waals surface area contributed by atoms with Crippen molar-refractivity contribution in [3.05, 3.63) is 0 Å². The second kappa shape index (κ2) is 6.05. The predicted octanol–water partition coefficient (Wildman–Crippen LogP) is -0.532. The zero-order valence-corrected chi connectivity index (χ0v) is 9.66. The van der Waals surface area contributed by atoms with Crippen LogP contribution in [0.15, 0.2) is 0 Å². The molecule has 1 aliphatic heterocycles. The van der Waals surface area contributed by atoms with Gasteiger partial charge in [-0.15, -0.1) is 0 Å². The van der Waals surface area contributed by atoms with Crippen molar-refractivity contribution in [2.75, 3.05) is 40.5 Å². The Kier molecular flexibility index (Phi) is 5.01. The van der Waals surface area contributed by atoms with E-state index in [-0.39, 0.29) is 18.1 Å². The van der Waals surface area contributed by atoms with Crippen LogP contribution < -0.4 is 5.32 Å². The number of morpholine rings is 1. The molecule has 0 aliphatic carbocycles. The highest BCUT2D eigenvalue weighted by molar-refractivity contribution is 5.81. The minimum atomic E-state index is -0.344. The average molecular weight is 216 g/mol. The first-order chi connectivity index (χ1) is 7.16. The molecule has 15 heavy (non-hydrogen) atoms. The summed E-state index contributed by atoms with van der Waals surface area (Å²) in [5, 5.41) is 3.14. The third-order valence-electron chi connectivity index (χ3n) is 2.62. The predicted molar refractivity (Wildman–Crippen MR) is 56.7 cm³/mol. The number of hydrogen-bond donors (Lipinski definition) is 1. The lowest BCUT2D eigenvalue weighted by atomic mass is 10.2. The van der Waals surface area contributed by atoms with E-state index in [4.69, 9.17) is 9.47 Å². The van der Waals surface area contributed by atoms with Gasteiger partial charge in [0.25, 0.3) is 5.91 Å². The van der Waals surface area contributed by atoms with Crippen LogP contribution in [0.3, 0.4) is 0 Å². The lowest BCUT2D eigenvalue weighted by Crippen LogP contribution is -2.51. The zero-order chi connectivity index (χ0) is 11.3. The molecule has 0 saturated carbocycles. The molecule has 1 rings (SSSR count). The van der Waals surface area contributed by atoms with E-state index in [0.717, 1.165) is 6.54 Å². The van der Waals surface area contributed by atoms with Crippen LogP contribution in [0.2, 0.25) is 0 Å². The number of rotatable bonds is 4. The quantitative estimate of drug-likeness (QED) is 0.686. The van der Waals surface area contributed by atoms with Crippen LogP contribution in [-0.4, -0.2) is 63.4 Å². The summed E-state index contributed by atoms with van der Waals surface area (Å²) in [6.45, 7) is 4.52. The van der Waals surface area contributed by atoms with E-state index in [1.807, 2.05) is 6.92 Å². The third-order valence-corrected chi connectivity index (χ3v) is 2.62. The van der Waals surface area contributed by atoms with Gasteiger partial charge in [-0.25, -0.2) is 0 Å². The number of likely N-dealkylation sites (N-methyl/N-ethyl adjacent to an activating group) is 1. The molecule has 0 aromatic heterocycles. The molecule has 1 heterocycles. The van der Waals surface area contributed by atoms with Crippen LogP contribution in [0.5, 0.6) is 0 Å². The lowest BCUT2D eigenvalue weighted by molar-refractivity contribution is -0.146. The molecule has 0 radical (unpaired) electrons. The van der Waals surface area contributed by atoms with Crippen molar-refractivity contribution in [1.82, 2.24) is 10.2 Å². The van der Waals surface area contributed by atoms with Crippen molar-refractivity contribution in [3.63, 3.8) is 0 Å². The van der Waals surface area contributed by atoms with E-state index in [1.165, 1.54) is 0 Å². The Morgan fingerprint density at radius 2 is 2.47 bits per heavy atom. The highest BCUT2D eigenvalue weighted by Crippen LogP contribution is 2.04. The normalized spacial score (nSPS) is 23.5. The molecule has 0 aromatic rings. The molecule has 1 amide bonds. The summed E-state index contributed by atoms with van der Waals surface area (Å²) in [6, 6.07) is 0.0769. The molecule has 1 fully saturated rings. The first-order valence-electron chi connectivity index (χ1n) is 5.24. The highest BCUT2D eigenvalue weighted by Gasteiger charge is 2.27. The monoisotopic (exact) mass is 216 g/mol. The summed E-state index contributed by atoms with van der Waals surface area (Å²) >= 11 is 0. The SMILES string of the molecule is COCC(C)N(C)C(=O)[C@H]1CNCCO1. The van der Waals surface area contributed by atoms with E-state index in [9.17, 15) is 4.79 Å². The fraction of sp³-hybridized carbons (Fsp3) is 0.900. The van der Waals surface area contributed by atoms with E-state index in [2.05, 4.69) is 5.32 Å². The molecule has 1 saturated heterocycles. The standard InChI is InChI=1S/C10H20N2O3/c1-8(7-14-3)12(2)10(13)9-6-11-4-5-15-9/h8-9,11H,4-7H2,1-3H3/t8?,9-/m1/s1. The van der Waals surface area contributed by atoms with Crippen LogP contribution >= 0.6 is 0 Å². The van der Waals surface area contributed by atoms with Crippen molar-refractivity contribution in [2.24, 2.45) is 0 Å². The molecule has 88 valence electrons. The summed E-state index contributed by atoms with van der Waals surface area (Å²) in [5.41, 5.74) is 0. The van der Waals surface area contributed by atoms with E-state index < -0.39 is 0 Å². The fourth-order valence-electron chi connectivity index (χ4n) is 1.52.